The zero-order valence-corrected chi connectivity index (χ0v) is 15.9. The molecular weight excluding hydrogens is 346 g/mol. The van der Waals surface area contributed by atoms with Crippen molar-refractivity contribution in [2.45, 2.75) is 26.2 Å². The zero-order chi connectivity index (χ0) is 18.1. The van der Waals surface area contributed by atoms with Gasteiger partial charge in [0.15, 0.2) is 0 Å². The van der Waals surface area contributed by atoms with Crippen LogP contribution >= 0.6 is 22.9 Å². The van der Waals surface area contributed by atoms with Crippen LogP contribution in [0.4, 0.5) is 5.69 Å². The molecule has 1 aromatic carbocycles. The van der Waals surface area contributed by atoms with Crippen LogP contribution in [0, 0.1) is 0 Å². The molecule has 7 heteroatoms. The van der Waals surface area contributed by atoms with Crippen LogP contribution in [0.1, 0.15) is 45.8 Å². The fraction of sp³-hybridized carbons (Fsp3) is 0.353. The summed E-state index contributed by atoms with van der Waals surface area (Å²) in [5.74, 6) is -0.475. The monoisotopic (exact) mass is 365 g/mol. The molecule has 1 N–H and O–H groups in total. The molecule has 2 rings (SSSR count). The Morgan fingerprint density at radius 3 is 2.46 bits per heavy atom. The number of rotatable bonds is 3. The molecule has 0 unspecified atom stereocenters. The summed E-state index contributed by atoms with van der Waals surface area (Å²) in [4.78, 5) is 30.8. The molecule has 0 spiro atoms. The lowest BCUT2D eigenvalue weighted by atomic mass is 9.98. The minimum Gasteiger partial charge on any atom is -0.345 e. The molecule has 1 aromatic heterocycles. The second-order valence-corrected chi connectivity index (χ2v) is 8.07. The van der Waals surface area contributed by atoms with Crippen LogP contribution in [0.15, 0.2) is 24.4 Å². The van der Waals surface area contributed by atoms with E-state index in [2.05, 4.69) is 10.3 Å². The van der Waals surface area contributed by atoms with Gasteiger partial charge in [-0.05, 0) is 18.2 Å². The number of nitrogens with one attached hydrogen (secondary N) is 1. The molecule has 0 aliphatic carbocycles. The number of hydrogen-bond donors (Lipinski definition) is 1. The van der Waals surface area contributed by atoms with Crippen molar-refractivity contribution in [3.63, 3.8) is 0 Å². The number of anilines is 1. The average Bonchev–Trinajstić information content (AvgIpc) is 2.98. The molecule has 0 atom stereocenters. The highest BCUT2D eigenvalue weighted by atomic mass is 35.5. The van der Waals surface area contributed by atoms with Crippen molar-refractivity contribution >= 4 is 40.4 Å². The highest BCUT2D eigenvalue weighted by Gasteiger charge is 2.21. The number of nitrogens with zero attached hydrogens (tertiary/aromatic N) is 2. The van der Waals surface area contributed by atoms with Crippen molar-refractivity contribution in [3.8, 4) is 0 Å². The van der Waals surface area contributed by atoms with Gasteiger partial charge in [-0.2, -0.15) is 0 Å². The molecule has 0 fully saturated rings. The van der Waals surface area contributed by atoms with E-state index in [4.69, 9.17) is 11.6 Å². The van der Waals surface area contributed by atoms with Gasteiger partial charge in [0.2, 0.25) is 0 Å². The van der Waals surface area contributed by atoms with E-state index in [1.54, 1.807) is 38.5 Å². The van der Waals surface area contributed by atoms with Gasteiger partial charge < -0.3 is 10.2 Å². The predicted molar refractivity (Wildman–Crippen MR) is 98.2 cm³/mol. The molecule has 0 aliphatic rings. The van der Waals surface area contributed by atoms with E-state index in [-0.39, 0.29) is 17.2 Å². The second kappa shape index (κ2) is 6.91. The smallest absolute Gasteiger partial charge is 0.267 e. The van der Waals surface area contributed by atoms with Gasteiger partial charge in [0.25, 0.3) is 11.8 Å². The van der Waals surface area contributed by atoms with E-state index in [1.807, 2.05) is 20.8 Å². The number of halogens is 1. The van der Waals surface area contributed by atoms with Crippen LogP contribution in [0.5, 0.6) is 0 Å². The van der Waals surface area contributed by atoms with E-state index >= 15 is 0 Å². The lowest BCUT2D eigenvalue weighted by Gasteiger charge is -2.13. The summed E-state index contributed by atoms with van der Waals surface area (Å²) in [5.41, 5.74) is 0.758. The second-order valence-electron chi connectivity index (χ2n) is 6.63. The van der Waals surface area contributed by atoms with Gasteiger partial charge in [-0.1, -0.05) is 32.4 Å². The summed E-state index contributed by atoms with van der Waals surface area (Å²) in [6.45, 7) is 6.14. The van der Waals surface area contributed by atoms with Gasteiger partial charge in [0, 0.05) is 25.2 Å². The molecule has 5 nitrogen and oxygen atoms in total. The predicted octanol–water partition coefficient (Wildman–Crippen LogP) is 4.05. The summed E-state index contributed by atoms with van der Waals surface area (Å²) < 4.78 is 0. The Morgan fingerprint density at radius 1 is 1.25 bits per heavy atom. The first-order valence-corrected chi connectivity index (χ1v) is 8.58. The molecule has 2 amide bonds. The number of benzene rings is 1. The van der Waals surface area contributed by atoms with Crippen LogP contribution in [0.25, 0.3) is 0 Å². The summed E-state index contributed by atoms with van der Waals surface area (Å²) >= 11 is 7.44. The lowest BCUT2D eigenvalue weighted by molar-refractivity contribution is 0.0827. The summed E-state index contributed by atoms with van der Waals surface area (Å²) in [6, 6.07) is 4.84. The van der Waals surface area contributed by atoms with E-state index < -0.39 is 0 Å². The number of hydrogen-bond acceptors (Lipinski definition) is 4. The average molecular weight is 366 g/mol. The first-order chi connectivity index (χ1) is 11.1. The maximum atomic E-state index is 12.4. The molecule has 2 aromatic rings. The fourth-order valence-corrected chi connectivity index (χ4v) is 2.99. The number of carbonyl (C=O) groups excluding carboxylic acids is 2. The topological polar surface area (TPSA) is 62.3 Å². The molecular formula is C17H20ClN3O2S. The quantitative estimate of drug-likeness (QED) is 0.892. The maximum Gasteiger partial charge on any atom is 0.267 e. The molecule has 0 saturated heterocycles. The first-order valence-electron chi connectivity index (χ1n) is 7.38. The van der Waals surface area contributed by atoms with Gasteiger partial charge in [-0.15, -0.1) is 11.3 Å². The van der Waals surface area contributed by atoms with Crippen molar-refractivity contribution < 1.29 is 9.59 Å². The highest BCUT2D eigenvalue weighted by molar-refractivity contribution is 7.13. The summed E-state index contributed by atoms with van der Waals surface area (Å²) in [5, 5.41) is 4.03. The Hall–Kier alpha value is -1.92. The minimum absolute atomic E-state index is 0.102. The summed E-state index contributed by atoms with van der Waals surface area (Å²) in [6.07, 6.45) is 1.57. The van der Waals surface area contributed by atoms with Gasteiger partial charge in [-0.3, -0.25) is 9.59 Å². The third-order valence-electron chi connectivity index (χ3n) is 3.23. The van der Waals surface area contributed by atoms with Crippen LogP contribution in [-0.2, 0) is 5.41 Å². The Bertz CT molecular complexity index is 778. The minimum atomic E-state index is -0.256. The van der Waals surface area contributed by atoms with E-state index in [0.29, 0.717) is 21.2 Å². The maximum absolute atomic E-state index is 12.4. The van der Waals surface area contributed by atoms with E-state index in [1.165, 1.54) is 16.2 Å². The lowest BCUT2D eigenvalue weighted by Crippen LogP contribution is -2.22. The van der Waals surface area contributed by atoms with E-state index in [0.717, 1.165) is 5.01 Å². The van der Waals surface area contributed by atoms with E-state index in [9.17, 15) is 9.59 Å². The van der Waals surface area contributed by atoms with Crippen molar-refractivity contribution in [1.29, 1.82) is 0 Å². The molecule has 0 radical (unpaired) electrons. The first kappa shape index (κ1) is 18.4. The Balaban J connectivity index is 2.22. The molecule has 0 bridgehead atoms. The van der Waals surface area contributed by atoms with Crippen molar-refractivity contribution in [2.24, 2.45) is 0 Å². The molecule has 1 heterocycles. The third kappa shape index (κ3) is 4.13. The SMILES string of the molecule is CN(C)C(=O)c1cc(NC(=O)c2cnc(C(C)(C)C)s2)ccc1Cl. The fourth-order valence-electron chi connectivity index (χ4n) is 1.93. The van der Waals surface area contributed by atoms with Crippen molar-refractivity contribution in [3.05, 3.63) is 44.9 Å². The third-order valence-corrected chi connectivity index (χ3v) is 4.98. The highest BCUT2D eigenvalue weighted by Crippen LogP contribution is 2.28. The van der Waals surface area contributed by atoms with Gasteiger partial charge >= 0.3 is 0 Å². The standard InChI is InChI=1S/C17H20ClN3O2S/c1-17(2,3)16-19-9-13(24-16)14(22)20-10-6-7-12(18)11(8-10)15(23)21(4)5/h6-9H,1-5H3,(H,20,22). The Morgan fingerprint density at radius 2 is 1.92 bits per heavy atom. The molecule has 0 aliphatic heterocycles. The number of thiazole rings is 1. The van der Waals surface area contributed by atoms with Gasteiger partial charge in [0.1, 0.15) is 4.88 Å². The van der Waals surface area contributed by atoms with Crippen LogP contribution in [0.2, 0.25) is 5.02 Å². The van der Waals surface area contributed by atoms with Crippen molar-refractivity contribution in [2.75, 3.05) is 19.4 Å². The normalized spacial score (nSPS) is 11.2. The number of carbonyl (C=O) groups is 2. The van der Waals surface area contributed by atoms with Gasteiger partial charge in [0.05, 0.1) is 21.8 Å². The van der Waals surface area contributed by atoms with Crippen LogP contribution < -0.4 is 5.32 Å². The Kier molecular flexibility index (Phi) is 5.30. The summed E-state index contributed by atoms with van der Waals surface area (Å²) in [7, 11) is 3.30. The van der Waals surface area contributed by atoms with Gasteiger partial charge in [-0.25, -0.2) is 4.98 Å². The largest absolute Gasteiger partial charge is 0.345 e. The van der Waals surface area contributed by atoms with Crippen LogP contribution in [-0.4, -0.2) is 35.8 Å². The van der Waals surface area contributed by atoms with Crippen LogP contribution in [0.3, 0.4) is 0 Å². The molecule has 128 valence electrons. The molecule has 24 heavy (non-hydrogen) atoms. The zero-order valence-electron chi connectivity index (χ0n) is 14.3. The molecule has 0 saturated carbocycles. The number of amides is 2. The Labute approximate surface area is 150 Å². The number of aromatic nitrogens is 1. The van der Waals surface area contributed by atoms with Crippen molar-refractivity contribution in [1.82, 2.24) is 9.88 Å².